The van der Waals surface area contributed by atoms with Crippen molar-refractivity contribution in [3.63, 3.8) is 0 Å². The van der Waals surface area contributed by atoms with E-state index in [0.717, 1.165) is 29.9 Å². The summed E-state index contributed by atoms with van der Waals surface area (Å²) in [6, 6.07) is 5.94. The molecule has 0 aromatic carbocycles. The second-order valence-electron chi connectivity index (χ2n) is 7.18. The average Bonchev–Trinajstić information content (AvgIpc) is 3.35. The minimum absolute atomic E-state index is 0. The van der Waals surface area contributed by atoms with Gasteiger partial charge in [0.05, 0.1) is 12.2 Å². The Kier molecular flexibility index (Phi) is 9.01. The van der Waals surface area contributed by atoms with Crippen LogP contribution in [0.1, 0.15) is 62.5 Å². The van der Waals surface area contributed by atoms with Gasteiger partial charge >= 0.3 is 0 Å². The molecule has 0 spiro atoms. The Balaban J connectivity index is 0.00000280. The van der Waals surface area contributed by atoms with Crippen LogP contribution in [-0.4, -0.2) is 29.3 Å². The van der Waals surface area contributed by atoms with Crippen molar-refractivity contribution in [1.29, 1.82) is 0 Å². The first-order valence-corrected chi connectivity index (χ1v) is 9.65. The number of ether oxygens (including phenoxy) is 1. The summed E-state index contributed by atoms with van der Waals surface area (Å²) in [6.45, 7) is 5.34. The Hall–Kier alpha value is -1.84. The predicted molar refractivity (Wildman–Crippen MR) is 120 cm³/mol. The molecule has 0 amide bonds. The second-order valence-corrected chi connectivity index (χ2v) is 7.18. The molecule has 0 radical (unpaired) electrons. The smallest absolute Gasteiger partial charge is 0.213 e. The highest BCUT2D eigenvalue weighted by molar-refractivity contribution is 14.0. The van der Waals surface area contributed by atoms with E-state index in [1.165, 1.54) is 12.8 Å². The van der Waals surface area contributed by atoms with Crippen LogP contribution in [0.25, 0.3) is 0 Å². The molecule has 1 aliphatic rings. The van der Waals surface area contributed by atoms with Crippen molar-refractivity contribution in [2.75, 3.05) is 7.05 Å². The lowest BCUT2D eigenvalue weighted by Gasteiger charge is -2.13. The largest absolute Gasteiger partial charge is 0.474 e. The van der Waals surface area contributed by atoms with Gasteiger partial charge in [0.1, 0.15) is 6.10 Å². The molecule has 2 aromatic heterocycles. The molecule has 8 heteroatoms. The summed E-state index contributed by atoms with van der Waals surface area (Å²) in [5, 5.41) is 10.6. The number of rotatable bonds is 7. The van der Waals surface area contributed by atoms with Gasteiger partial charge in [0, 0.05) is 31.9 Å². The van der Waals surface area contributed by atoms with Crippen LogP contribution < -0.4 is 15.4 Å². The van der Waals surface area contributed by atoms with Crippen molar-refractivity contribution in [1.82, 2.24) is 20.8 Å². The molecule has 2 aromatic rings. The van der Waals surface area contributed by atoms with Crippen LogP contribution in [0.5, 0.6) is 5.88 Å². The lowest BCUT2D eigenvalue weighted by molar-refractivity contribution is 0.201. The van der Waals surface area contributed by atoms with Gasteiger partial charge in [-0.25, -0.2) is 4.98 Å². The molecule has 0 bridgehead atoms. The number of pyridine rings is 1. The van der Waals surface area contributed by atoms with Gasteiger partial charge < -0.3 is 19.9 Å². The van der Waals surface area contributed by atoms with E-state index in [0.29, 0.717) is 37.0 Å². The number of nitrogens with zero attached hydrogens (tertiary/aromatic N) is 3. The maximum Gasteiger partial charge on any atom is 0.213 e. The molecular formula is C20H30IN5O2. The third-order valence-corrected chi connectivity index (χ3v) is 4.67. The molecule has 3 rings (SSSR count). The van der Waals surface area contributed by atoms with Crippen LogP contribution in [-0.2, 0) is 13.1 Å². The van der Waals surface area contributed by atoms with Crippen LogP contribution in [0, 0.1) is 0 Å². The van der Waals surface area contributed by atoms with E-state index in [9.17, 15) is 0 Å². The fourth-order valence-electron chi connectivity index (χ4n) is 3.02. The van der Waals surface area contributed by atoms with Crippen molar-refractivity contribution in [3.05, 3.63) is 41.4 Å². The molecule has 28 heavy (non-hydrogen) atoms. The van der Waals surface area contributed by atoms with Crippen molar-refractivity contribution in [2.45, 2.75) is 64.6 Å². The van der Waals surface area contributed by atoms with Crippen LogP contribution in [0.15, 0.2) is 33.9 Å². The molecule has 0 aliphatic heterocycles. The number of halogens is 1. The second kappa shape index (κ2) is 11.2. The average molecular weight is 499 g/mol. The van der Waals surface area contributed by atoms with Crippen LogP contribution >= 0.6 is 24.0 Å². The molecule has 1 fully saturated rings. The summed E-state index contributed by atoms with van der Waals surface area (Å²) in [4.78, 5) is 8.65. The molecule has 0 unspecified atom stereocenters. The highest BCUT2D eigenvalue weighted by atomic mass is 127. The highest BCUT2D eigenvalue weighted by Crippen LogP contribution is 2.22. The van der Waals surface area contributed by atoms with Gasteiger partial charge in [-0.05, 0) is 37.2 Å². The first-order chi connectivity index (χ1) is 13.1. The zero-order valence-electron chi connectivity index (χ0n) is 16.8. The predicted octanol–water partition coefficient (Wildman–Crippen LogP) is 4.00. The summed E-state index contributed by atoms with van der Waals surface area (Å²) < 4.78 is 11.2. The number of hydrogen-bond donors (Lipinski definition) is 2. The molecule has 0 atom stereocenters. The summed E-state index contributed by atoms with van der Waals surface area (Å²) in [6.07, 6.45) is 6.96. The molecule has 2 N–H and O–H groups in total. The van der Waals surface area contributed by atoms with Gasteiger partial charge in [-0.3, -0.25) is 4.99 Å². The number of hydrogen-bond acceptors (Lipinski definition) is 5. The normalized spacial score (nSPS) is 14.8. The topological polar surface area (TPSA) is 84.6 Å². The zero-order chi connectivity index (χ0) is 19.1. The summed E-state index contributed by atoms with van der Waals surface area (Å²) in [7, 11) is 1.74. The van der Waals surface area contributed by atoms with Crippen molar-refractivity contribution in [3.8, 4) is 5.88 Å². The van der Waals surface area contributed by atoms with Gasteiger partial charge in [-0.2, -0.15) is 0 Å². The third kappa shape index (κ3) is 6.65. The molecule has 1 saturated carbocycles. The maximum absolute atomic E-state index is 5.90. The van der Waals surface area contributed by atoms with Crippen molar-refractivity contribution < 1.29 is 9.26 Å². The molecule has 2 heterocycles. The Labute approximate surface area is 183 Å². The number of aliphatic imine (C=N–C) groups is 1. The first-order valence-electron chi connectivity index (χ1n) is 9.65. The molecular weight excluding hydrogens is 469 g/mol. The molecule has 7 nitrogen and oxygen atoms in total. The minimum atomic E-state index is 0. The van der Waals surface area contributed by atoms with Crippen LogP contribution in [0.4, 0.5) is 0 Å². The fourth-order valence-corrected chi connectivity index (χ4v) is 3.02. The Morgan fingerprint density at radius 2 is 2.00 bits per heavy atom. The molecule has 154 valence electrons. The Bertz CT molecular complexity index is 739. The van der Waals surface area contributed by atoms with E-state index in [2.05, 4.69) is 39.6 Å². The van der Waals surface area contributed by atoms with Gasteiger partial charge in [0.2, 0.25) is 5.88 Å². The van der Waals surface area contributed by atoms with Gasteiger partial charge in [-0.1, -0.05) is 25.1 Å². The van der Waals surface area contributed by atoms with E-state index in [-0.39, 0.29) is 24.0 Å². The monoisotopic (exact) mass is 499 g/mol. The van der Waals surface area contributed by atoms with Crippen molar-refractivity contribution >= 4 is 29.9 Å². The zero-order valence-corrected chi connectivity index (χ0v) is 19.1. The number of nitrogens with one attached hydrogen (secondary N) is 2. The van der Waals surface area contributed by atoms with E-state index in [4.69, 9.17) is 9.26 Å². The maximum atomic E-state index is 5.90. The highest BCUT2D eigenvalue weighted by Gasteiger charge is 2.16. The van der Waals surface area contributed by atoms with Crippen LogP contribution in [0.3, 0.4) is 0 Å². The van der Waals surface area contributed by atoms with Crippen LogP contribution in [0.2, 0.25) is 0 Å². The van der Waals surface area contributed by atoms with Crippen molar-refractivity contribution in [2.24, 2.45) is 4.99 Å². The lowest BCUT2D eigenvalue weighted by Crippen LogP contribution is -2.36. The van der Waals surface area contributed by atoms with Gasteiger partial charge in [-0.15, -0.1) is 24.0 Å². The number of guanidine groups is 1. The summed E-state index contributed by atoms with van der Waals surface area (Å²) in [5.41, 5.74) is 2.03. The van der Waals surface area contributed by atoms with Gasteiger partial charge in [0.15, 0.2) is 11.7 Å². The SMILES string of the molecule is CN=C(NCc1ccc(OC2CCCC2)nc1)NCc1cc(C(C)C)no1.I. The molecule has 1 aliphatic carbocycles. The first kappa shape index (κ1) is 22.4. The Morgan fingerprint density at radius 1 is 1.25 bits per heavy atom. The van der Waals surface area contributed by atoms with E-state index in [1.807, 2.05) is 24.4 Å². The number of aromatic nitrogens is 2. The summed E-state index contributed by atoms with van der Waals surface area (Å²) in [5.74, 6) is 2.55. The standard InChI is InChI=1S/C20H29N5O2.HI/c1-14(2)18-10-17(27-25-18)13-24-20(21-3)23-12-15-8-9-19(22-11-15)26-16-6-4-5-7-16;/h8-11,14,16H,4-7,12-13H2,1-3H3,(H2,21,23,24);1H. The minimum Gasteiger partial charge on any atom is -0.474 e. The lowest BCUT2D eigenvalue weighted by atomic mass is 10.1. The summed E-state index contributed by atoms with van der Waals surface area (Å²) >= 11 is 0. The molecule has 0 saturated heterocycles. The quantitative estimate of drug-likeness (QED) is 0.341. The van der Waals surface area contributed by atoms with E-state index < -0.39 is 0 Å². The Morgan fingerprint density at radius 3 is 2.61 bits per heavy atom. The van der Waals surface area contributed by atoms with E-state index in [1.54, 1.807) is 7.05 Å². The van der Waals surface area contributed by atoms with Gasteiger partial charge in [0.25, 0.3) is 0 Å². The fraction of sp³-hybridized carbons (Fsp3) is 0.550. The van der Waals surface area contributed by atoms with E-state index >= 15 is 0 Å². The third-order valence-electron chi connectivity index (χ3n) is 4.67.